The molecule has 1 saturated heterocycles. The van der Waals surface area contributed by atoms with Crippen LogP contribution in [0.15, 0.2) is 12.3 Å². The molecule has 1 aliphatic heterocycles. The zero-order chi connectivity index (χ0) is 14.0. The van der Waals surface area contributed by atoms with Gasteiger partial charge in [-0.15, -0.1) is 0 Å². The van der Waals surface area contributed by atoms with Crippen molar-refractivity contribution in [2.75, 3.05) is 0 Å². The second-order valence-corrected chi connectivity index (χ2v) is 7.77. The average Bonchev–Trinajstić information content (AvgIpc) is 2.62. The molecule has 0 radical (unpaired) electrons. The molecule has 5 fully saturated rings. The van der Waals surface area contributed by atoms with Gasteiger partial charge in [-0.1, -0.05) is 6.92 Å². The molecule has 1 heterocycles. The summed E-state index contributed by atoms with van der Waals surface area (Å²) in [5.41, 5.74) is 0.357. The lowest BCUT2D eigenvalue weighted by Gasteiger charge is -2.58. The molecule has 4 saturated carbocycles. The van der Waals surface area contributed by atoms with Crippen molar-refractivity contribution in [1.29, 1.82) is 0 Å². The molecule has 0 aromatic carbocycles. The number of carbonyl (C=O) groups excluding carboxylic acids is 1. The molecule has 5 aliphatic rings. The first kappa shape index (κ1) is 12.7. The van der Waals surface area contributed by atoms with Crippen LogP contribution >= 0.6 is 0 Å². The minimum Gasteiger partial charge on any atom is -0.445 e. The van der Waals surface area contributed by atoms with Crippen LogP contribution in [0.5, 0.6) is 0 Å². The second-order valence-electron chi connectivity index (χ2n) is 7.77. The lowest BCUT2D eigenvalue weighted by molar-refractivity contribution is -0.201. The summed E-state index contributed by atoms with van der Waals surface area (Å²) in [4.78, 5) is 11.7. The number of esters is 1. The van der Waals surface area contributed by atoms with Crippen molar-refractivity contribution in [3.05, 3.63) is 12.3 Å². The van der Waals surface area contributed by atoms with E-state index in [-0.39, 0.29) is 11.7 Å². The SMILES string of the molecule is C=C1OC(CC)(CC23CC4CC(CC(C4)C2)C3)OC1=O. The van der Waals surface area contributed by atoms with Crippen LogP contribution < -0.4 is 0 Å². The summed E-state index contributed by atoms with van der Waals surface area (Å²) in [6, 6.07) is 0. The number of carbonyl (C=O) groups is 1. The Kier molecular flexibility index (Phi) is 2.56. The number of cyclic esters (lactones) is 1. The minimum atomic E-state index is -0.722. The molecule has 0 spiro atoms. The van der Waals surface area contributed by atoms with E-state index < -0.39 is 5.79 Å². The maximum atomic E-state index is 11.7. The van der Waals surface area contributed by atoms with E-state index in [2.05, 4.69) is 6.58 Å². The predicted octanol–water partition coefficient (Wildman–Crippen LogP) is 3.79. The first-order chi connectivity index (χ1) is 9.51. The summed E-state index contributed by atoms with van der Waals surface area (Å²) in [7, 11) is 0. The predicted molar refractivity (Wildman–Crippen MR) is 74.6 cm³/mol. The summed E-state index contributed by atoms with van der Waals surface area (Å²) >= 11 is 0. The van der Waals surface area contributed by atoms with E-state index in [1.807, 2.05) is 6.92 Å². The molecule has 0 N–H and O–H groups in total. The fraction of sp³-hybridized carbons (Fsp3) is 0.824. The van der Waals surface area contributed by atoms with Crippen LogP contribution in [0, 0.1) is 23.2 Å². The van der Waals surface area contributed by atoms with Gasteiger partial charge in [0, 0.05) is 12.8 Å². The Balaban J connectivity index is 1.59. The Morgan fingerprint density at radius 3 is 2.05 bits per heavy atom. The average molecular weight is 276 g/mol. The molecule has 110 valence electrons. The van der Waals surface area contributed by atoms with Gasteiger partial charge in [0.25, 0.3) is 5.79 Å². The van der Waals surface area contributed by atoms with Crippen molar-refractivity contribution >= 4 is 5.97 Å². The molecule has 4 aliphatic carbocycles. The first-order valence-corrected chi connectivity index (χ1v) is 8.13. The van der Waals surface area contributed by atoms with Crippen LogP contribution in [-0.4, -0.2) is 11.8 Å². The molecule has 5 rings (SSSR count). The molecule has 0 aromatic heterocycles. The Morgan fingerprint density at radius 1 is 1.10 bits per heavy atom. The highest BCUT2D eigenvalue weighted by Crippen LogP contribution is 2.63. The Labute approximate surface area is 120 Å². The molecular formula is C17H24O3. The van der Waals surface area contributed by atoms with E-state index >= 15 is 0 Å². The number of rotatable bonds is 3. The highest BCUT2D eigenvalue weighted by Gasteiger charge is 2.56. The fourth-order valence-corrected chi connectivity index (χ4v) is 5.93. The largest absolute Gasteiger partial charge is 0.445 e. The van der Waals surface area contributed by atoms with Crippen LogP contribution in [0.2, 0.25) is 0 Å². The summed E-state index contributed by atoms with van der Waals surface area (Å²) < 4.78 is 11.4. The second kappa shape index (κ2) is 4.02. The lowest BCUT2D eigenvalue weighted by Crippen LogP contribution is -2.50. The molecule has 1 unspecified atom stereocenters. The van der Waals surface area contributed by atoms with Crippen LogP contribution in [-0.2, 0) is 14.3 Å². The van der Waals surface area contributed by atoms with Gasteiger partial charge in [0.2, 0.25) is 5.76 Å². The van der Waals surface area contributed by atoms with E-state index in [4.69, 9.17) is 9.47 Å². The molecular weight excluding hydrogens is 252 g/mol. The molecule has 20 heavy (non-hydrogen) atoms. The van der Waals surface area contributed by atoms with E-state index in [0.717, 1.165) is 30.6 Å². The Bertz CT molecular complexity index is 414. The first-order valence-electron chi connectivity index (χ1n) is 8.13. The summed E-state index contributed by atoms with van der Waals surface area (Å²) in [5.74, 6) is 1.84. The zero-order valence-electron chi connectivity index (χ0n) is 12.3. The van der Waals surface area contributed by atoms with Gasteiger partial charge >= 0.3 is 5.97 Å². The van der Waals surface area contributed by atoms with Gasteiger partial charge in [-0.25, -0.2) is 4.79 Å². The smallest absolute Gasteiger partial charge is 0.376 e. The van der Waals surface area contributed by atoms with Crippen LogP contribution in [0.1, 0.15) is 58.3 Å². The molecule has 0 amide bonds. The Hall–Kier alpha value is -0.990. The van der Waals surface area contributed by atoms with Crippen LogP contribution in [0.3, 0.4) is 0 Å². The van der Waals surface area contributed by atoms with E-state index in [1.54, 1.807) is 0 Å². The van der Waals surface area contributed by atoms with Crippen molar-refractivity contribution < 1.29 is 14.3 Å². The van der Waals surface area contributed by atoms with Crippen molar-refractivity contribution in [3.63, 3.8) is 0 Å². The Morgan fingerprint density at radius 2 is 1.65 bits per heavy atom. The van der Waals surface area contributed by atoms with E-state index in [9.17, 15) is 4.79 Å². The van der Waals surface area contributed by atoms with Gasteiger partial charge < -0.3 is 9.47 Å². The third-order valence-electron chi connectivity index (χ3n) is 6.16. The third-order valence-corrected chi connectivity index (χ3v) is 6.16. The highest BCUT2D eigenvalue weighted by molar-refractivity contribution is 5.87. The van der Waals surface area contributed by atoms with Crippen LogP contribution in [0.25, 0.3) is 0 Å². The van der Waals surface area contributed by atoms with Gasteiger partial charge in [-0.05, 0) is 68.3 Å². The van der Waals surface area contributed by atoms with Gasteiger partial charge in [0.1, 0.15) is 0 Å². The van der Waals surface area contributed by atoms with Gasteiger partial charge in [-0.3, -0.25) is 0 Å². The van der Waals surface area contributed by atoms with Gasteiger partial charge in [0.05, 0.1) is 0 Å². The normalized spacial score (nSPS) is 49.4. The van der Waals surface area contributed by atoms with Crippen LogP contribution in [0.4, 0.5) is 0 Å². The molecule has 0 aromatic rings. The molecule has 4 bridgehead atoms. The minimum absolute atomic E-state index is 0.191. The molecule has 1 atom stereocenters. The third kappa shape index (κ3) is 1.82. The topological polar surface area (TPSA) is 35.5 Å². The molecule has 3 nitrogen and oxygen atoms in total. The highest BCUT2D eigenvalue weighted by atomic mass is 16.8. The number of hydrogen-bond donors (Lipinski definition) is 0. The van der Waals surface area contributed by atoms with Gasteiger partial charge in [-0.2, -0.15) is 0 Å². The molecule has 3 heteroatoms. The summed E-state index contributed by atoms with van der Waals surface area (Å²) in [5, 5.41) is 0. The quantitative estimate of drug-likeness (QED) is 0.581. The fourth-order valence-electron chi connectivity index (χ4n) is 5.93. The van der Waals surface area contributed by atoms with Crippen molar-refractivity contribution in [1.82, 2.24) is 0 Å². The number of ether oxygens (including phenoxy) is 2. The van der Waals surface area contributed by atoms with E-state index in [1.165, 1.54) is 38.5 Å². The van der Waals surface area contributed by atoms with E-state index in [0.29, 0.717) is 5.41 Å². The maximum Gasteiger partial charge on any atom is 0.376 e. The number of hydrogen-bond acceptors (Lipinski definition) is 3. The van der Waals surface area contributed by atoms with Gasteiger partial charge in [0.15, 0.2) is 0 Å². The van der Waals surface area contributed by atoms with Crippen molar-refractivity contribution in [2.24, 2.45) is 23.2 Å². The lowest BCUT2D eigenvalue weighted by atomic mass is 9.48. The summed E-state index contributed by atoms with van der Waals surface area (Å²) in [6.45, 7) is 5.72. The maximum absolute atomic E-state index is 11.7. The standard InChI is InChI=1S/C17H24O3/c1-3-17(19-11(2)15(18)20-17)10-16-7-12-4-13(8-16)6-14(5-12)9-16/h12-14H,2-10H2,1H3. The van der Waals surface area contributed by atoms with Crippen molar-refractivity contribution in [2.45, 2.75) is 64.1 Å². The monoisotopic (exact) mass is 276 g/mol. The zero-order valence-corrected chi connectivity index (χ0v) is 12.3. The summed E-state index contributed by atoms with van der Waals surface area (Å²) in [6.07, 6.45) is 9.85. The van der Waals surface area contributed by atoms with Crippen molar-refractivity contribution in [3.8, 4) is 0 Å².